The van der Waals surface area contributed by atoms with Gasteiger partial charge in [0.2, 0.25) is 0 Å². The number of hydrogen-bond donors (Lipinski definition) is 0. The Kier molecular flexibility index (Phi) is 5.25. The fourth-order valence-corrected chi connectivity index (χ4v) is 3.61. The third-order valence-corrected chi connectivity index (χ3v) is 5.09. The molecule has 28 heavy (non-hydrogen) atoms. The largest absolute Gasteiger partial charge is 0.370 e. The van der Waals surface area contributed by atoms with E-state index in [9.17, 15) is 9.18 Å². The van der Waals surface area contributed by atoms with E-state index in [1.54, 1.807) is 29.2 Å². The summed E-state index contributed by atoms with van der Waals surface area (Å²) in [6.07, 6.45) is 0.863. The smallest absolute Gasteiger partial charge is 0.256 e. The van der Waals surface area contributed by atoms with Crippen molar-refractivity contribution >= 4 is 29.1 Å². The Bertz CT molecular complexity index is 1020. The van der Waals surface area contributed by atoms with Crippen LogP contribution in [0, 0.1) is 5.82 Å². The fourth-order valence-electron chi connectivity index (χ4n) is 3.10. The number of morpholine rings is 1. The Labute approximate surface area is 169 Å². The molecule has 10 heteroatoms. The highest BCUT2D eigenvalue weighted by Gasteiger charge is 2.29. The number of carbonyl (C=O) groups is 1. The first-order chi connectivity index (χ1) is 13.5. The molecule has 1 unspecified atom stereocenters. The maximum atomic E-state index is 13.9. The fraction of sp³-hybridized carbons (Fsp3) is 0.222. The lowest BCUT2D eigenvalue weighted by Gasteiger charge is -2.34. The van der Waals surface area contributed by atoms with Gasteiger partial charge in [-0.1, -0.05) is 35.3 Å². The van der Waals surface area contributed by atoms with Crippen molar-refractivity contribution in [3.8, 4) is 5.69 Å². The third kappa shape index (κ3) is 3.58. The zero-order chi connectivity index (χ0) is 19.7. The monoisotopic (exact) mass is 421 g/mol. The molecule has 1 aromatic heterocycles. The Morgan fingerprint density at radius 2 is 2.04 bits per heavy atom. The van der Waals surface area contributed by atoms with Crippen LogP contribution in [0.1, 0.15) is 22.0 Å². The number of aromatic nitrogens is 4. The number of para-hydroxylation sites is 1. The molecule has 1 fully saturated rings. The number of carbonyl (C=O) groups excluding carboxylic acids is 1. The molecule has 1 aliphatic rings. The van der Waals surface area contributed by atoms with Gasteiger partial charge in [-0.15, -0.1) is 5.10 Å². The van der Waals surface area contributed by atoms with Gasteiger partial charge in [0.15, 0.2) is 0 Å². The number of nitrogens with zero attached hydrogens (tertiary/aromatic N) is 5. The average molecular weight is 422 g/mol. The van der Waals surface area contributed by atoms with Crippen LogP contribution in [0.2, 0.25) is 10.0 Å². The van der Waals surface area contributed by atoms with Gasteiger partial charge in [0.1, 0.15) is 18.2 Å². The Morgan fingerprint density at radius 3 is 2.82 bits per heavy atom. The molecule has 1 aliphatic heterocycles. The summed E-state index contributed by atoms with van der Waals surface area (Å²) in [5.74, 6) is -0.790. The lowest BCUT2D eigenvalue weighted by atomic mass is 10.1. The standard InChI is InChI=1S/C18H14Cl2FN5O2/c19-13-8-14(20)15(21)7-12(13)17-9-25(5-6-28-17)18(27)11-3-1-2-4-16(11)26-10-22-23-24-26/h1-4,7-8,10,17H,5-6,9H2. The first kappa shape index (κ1) is 18.8. The number of hydrogen-bond acceptors (Lipinski definition) is 5. The van der Waals surface area contributed by atoms with E-state index in [2.05, 4.69) is 15.5 Å². The Balaban J connectivity index is 1.61. The summed E-state index contributed by atoms with van der Waals surface area (Å²) in [6, 6.07) is 9.62. The molecule has 0 saturated carbocycles. The van der Waals surface area contributed by atoms with Gasteiger partial charge in [-0.05, 0) is 34.7 Å². The number of benzene rings is 2. The minimum atomic E-state index is -0.586. The second-order valence-corrected chi connectivity index (χ2v) is 6.98. The number of amides is 1. The van der Waals surface area contributed by atoms with E-state index in [4.69, 9.17) is 27.9 Å². The minimum Gasteiger partial charge on any atom is -0.370 e. The van der Waals surface area contributed by atoms with Crippen LogP contribution in [-0.4, -0.2) is 50.7 Å². The highest BCUT2D eigenvalue weighted by Crippen LogP contribution is 2.33. The first-order valence-corrected chi connectivity index (χ1v) is 9.18. The van der Waals surface area contributed by atoms with Crippen molar-refractivity contribution in [3.63, 3.8) is 0 Å². The van der Waals surface area contributed by atoms with Crippen molar-refractivity contribution in [2.24, 2.45) is 0 Å². The lowest BCUT2D eigenvalue weighted by molar-refractivity contribution is -0.0228. The molecule has 1 amide bonds. The summed E-state index contributed by atoms with van der Waals surface area (Å²) in [7, 11) is 0. The molecule has 7 nitrogen and oxygen atoms in total. The van der Waals surface area contributed by atoms with E-state index in [0.29, 0.717) is 35.0 Å². The number of ether oxygens (including phenoxy) is 1. The van der Waals surface area contributed by atoms with Crippen molar-refractivity contribution in [1.29, 1.82) is 0 Å². The molecule has 2 heterocycles. The highest BCUT2D eigenvalue weighted by molar-refractivity contribution is 6.35. The average Bonchev–Trinajstić information content (AvgIpc) is 3.25. The summed E-state index contributed by atoms with van der Waals surface area (Å²) in [6.45, 7) is 0.917. The van der Waals surface area contributed by atoms with Crippen LogP contribution in [0.5, 0.6) is 0 Å². The summed E-state index contributed by atoms with van der Waals surface area (Å²) in [4.78, 5) is 14.8. The summed E-state index contributed by atoms with van der Waals surface area (Å²) in [5.41, 5.74) is 1.47. The van der Waals surface area contributed by atoms with Crippen LogP contribution in [0.3, 0.4) is 0 Å². The molecule has 0 bridgehead atoms. The van der Waals surface area contributed by atoms with Crippen molar-refractivity contribution in [2.75, 3.05) is 19.7 Å². The maximum Gasteiger partial charge on any atom is 0.256 e. The van der Waals surface area contributed by atoms with Crippen LogP contribution < -0.4 is 0 Å². The van der Waals surface area contributed by atoms with Gasteiger partial charge in [-0.3, -0.25) is 4.79 Å². The van der Waals surface area contributed by atoms with Crippen molar-refractivity contribution < 1.29 is 13.9 Å². The maximum absolute atomic E-state index is 13.9. The molecule has 3 aromatic rings. The van der Waals surface area contributed by atoms with Crippen LogP contribution in [0.15, 0.2) is 42.7 Å². The molecule has 1 atom stereocenters. The van der Waals surface area contributed by atoms with Gasteiger partial charge < -0.3 is 9.64 Å². The second kappa shape index (κ2) is 7.83. The predicted molar refractivity (Wildman–Crippen MR) is 100 cm³/mol. The van der Waals surface area contributed by atoms with Gasteiger partial charge in [-0.2, -0.15) is 4.68 Å². The highest BCUT2D eigenvalue weighted by atomic mass is 35.5. The van der Waals surface area contributed by atoms with Crippen LogP contribution in [0.4, 0.5) is 4.39 Å². The van der Waals surface area contributed by atoms with E-state index in [1.807, 2.05) is 0 Å². The van der Waals surface area contributed by atoms with Gasteiger partial charge in [0.05, 0.1) is 29.4 Å². The molecular weight excluding hydrogens is 408 g/mol. The van der Waals surface area contributed by atoms with E-state index in [0.717, 1.165) is 0 Å². The quantitative estimate of drug-likeness (QED) is 0.606. The summed E-state index contributed by atoms with van der Waals surface area (Å²) in [5, 5.41) is 11.3. The van der Waals surface area contributed by atoms with Crippen LogP contribution in [-0.2, 0) is 4.74 Å². The Hall–Kier alpha value is -2.55. The number of tetrazole rings is 1. The van der Waals surface area contributed by atoms with E-state index >= 15 is 0 Å². The molecular formula is C18H14Cl2FN5O2. The van der Waals surface area contributed by atoms with Crippen molar-refractivity contribution in [1.82, 2.24) is 25.1 Å². The summed E-state index contributed by atoms with van der Waals surface area (Å²) >= 11 is 12.0. The molecule has 4 rings (SSSR count). The molecule has 0 radical (unpaired) electrons. The van der Waals surface area contributed by atoms with Gasteiger partial charge in [0.25, 0.3) is 5.91 Å². The normalized spacial score (nSPS) is 17.0. The molecule has 144 valence electrons. The minimum absolute atomic E-state index is 0.0622. The second-order valence-electron chi connectivity index (χ2n) is 6.17. The van der Waals surface area contributed by atoms with Crippen LogP contribution in [0.25, 0.3) is 5.69 Å². The molecule has 0 aliphatic carbocycles. The van der Waals surface area contributed by atoms with Gasteiger partial charge in [-0.25, -0.2) is 4.39 Å². The lowest BCUT2D eigenvalue weighted by Crippen LogP contribution is -2.42. The van der Waals surface area contributed by atoms with E-state index in [1.165, 1.54) is 23.1 Å². The predicted octanol–water partition coefficient (Wildman–Crippen LogP) is 3.32. The third-order valence-electron chi connectivity index (χ3n) is 4.47. The number of rotatable bonds is 3. The van der Waals surface area contributed by atoms with E-state index in [-0.39, 0.29) is 17.5 Å². The van der Waals surface area contributed by atoms with Crippen molar-refractivity contribution in [3.05, 3.63) is 69.7 Å². The summed E-state index contributed by atoms with van der Waals surface area (Å²) < 4.78 is 21.1. The first-order valence-electron chi connectivity index (χ1n) is 8.42. The zero-order valence-corrected chi connectivity index (χ0v) is 15.9. The molecule has 1 saturated heterocycles. The molecule has 0 N–H and O–H groups in total. The van der Waals surface area contributed by atoms with Gasteiger partial charge in [0, 0.05) is 17.1 Å². The van der Waals surface area contributed by atoms with E-state index < -0.39 is 11.9 Å². The van der Waals surface area contributed by atoms with Crippen LogP contribution >= 0.6 is 23.2 Å². The van der Waals surface area contributed by atoms with Gasteiger partial charge >= 0.3 is 0 Å². The molecule has 0 spiro atoms. The topological polar surface area (TPSA) is 73.1 Å². The van der Waals surface area contributed by atoms with Crippen molar-refractivity contribution in [2.45, 2.75) is 6.10 Å². The SMILES string of the molecule is O=C(c1ccccc1-n1cnnn1)N1CCOC(c2cc(F)c(Cl)cc2Cl)C1. The number of halogens is 3. The molecule has 2 aromatic carbocycles. The zero-order valence-electron chi connectivity index (χ0n) is 14.4. The Morgan fingerprint density at radius 1 is 1.21 bits per heavy atom.